The third-order valence-electron chi connectivity index (χ3n) is 5.93. The molecule has 0 unspecified atom stereocenters. The molecule has 30 heavy (non-hydrogen) atoms. The number of rotatable bonds is 6. The maximum atomic E-state index is 12.9. The zero-order valence-corrected chi connectivity index (χ0v) is 18.1. The first-order chi connectivity index (χ1) is 14.6. The van der Waals surface area contributed by atoms with E-state index in [0.717, 1.165) is 61.5 Å². The van der Waals surface area contributed by atoms with Crippen molar-refractivity contribution >= 4 is 28.5 Å². The fourth-order valence-electron chi connectivity index (χ4n) is 4.12. The van der Waals surface area contributed by atoms with Crippen LogP contribution in [-0.4, -0.2) is 58.9 Å². The second-order valence-electron chi connectivity index (χ2n) is 8.11. The van der Waals surface area contributed by atoms with Crippen LogP contribution in [0.4, 0.5) is 0 Å². The summed E-state index contributed by atoms with van der Waals surface area (Å²) in [6.45, 7) is 4.04. The number of benzene rings is 2. The van der Waals surface area contributed by atoms with Crippen LogP contribution in [0.3, 0.4) is 0 Å². The number of halogens is 1. The van der Waals surface area contributed by atoms with Gasteiger partial charge < -0.3 is 9.80 Å². The Bertz CT molecular complexity index is 1000. The number of likely N-dealkylation sites (tertiary alicyclic amines) is 1. The number of carbonyl (C=O) groups excluding carboxylic acids is 1. The number of aromatic nitrogens is 2. The average Bonchev–Trinajstić information content (AvgIpc) is 2.79. The highest BCUT2D eigenvalue weighted by Gasteiger charge is 2.22. The van der Waals surface area contributed by atoms with Gasteiger partial charge in [0.25, 0.3) is 5.91 Å². The van der Waals surface area contributed by atoms with E-state index in [9.17, 15) is 4.79 Å². The predicted molar refractivity (Wildman–Crippen MR) is 121 cm³/mol. The molecule has 1 aliphatic heterocycles. The quantitative estimate of drug-likeness (QED) is 0.594. The van der Waals surface area contributed by atoms with Gasteiger partial charge in [0, 0.05) is 43.1 Å². The molecule has 0 radical (unpaired) electrons. The SMILES string of the molecule is CN(CC1CCN(CCc2ccc(Cl)cc2)CC1)C(=O)c1ccc2nccnc2c1. The number of nitrogens with zero attached hydrogens (tertiary/aromatic N) is 4. The molecule has 0 atom stereocenters. The van der Waals surface area contributed by atoms with E-state index in [0.29, 0.717) is 11.5 Å². The van der Waals surface area contributed by atoms with E-state index >= 15 is 0 Å². The molecule has 156 valence electrons. The molecule has 2 aromatic carbocycles. The van der Waals surface area contributed by atoms with Gasteiger partial charge in [-0.2, -0.15) is 0 Å². The minimum atomic E-state index is 0.0488. The largest absolute Gasteiger partial charge is 0.341 e. The Kier molecular flexibility index (Phi) is 6.60. The zero-order chi connectivity index (χ0) is 20.9. The lowest BCUT2D eigenvalue weighted by Gasteiger charge is -2.34. The fourth-order valence-corrected chi connectivity index (χ4v) is 4.24. The second kappa shape index (κ2) is 9.54. The van der Waals surface area contributed by atoms with E-state index in [2.05, 4.69) is 27.0 Å². The molecule has 0 N–H and O–H groups in total. The Morgan fingerprint density at radius 2 is 1.77 bits per heavy atom. The van der Waals surface area contributed by atoms with E-state index in [4.69, 9.17) is 11.6 Å². The summed E-state index contributed by atoms with van der Waals surface area (Å²) in [5.41, 5.74) is 3.56. The molecular formula is C24H27ClN4O. The van der Waals surface area contributed by atoms with Crippen LogP contribution in [0, 0.1) is 5.92 Å². The van der Waals surface area contributed by atoms with Crippen molar-refractivity contribution in [1.29, 1.82) is 0 Å². The van der Waals surface area contributed by atoms with E-state index in [-0.39, 0.29) is 5.91 Å². The van der Waals surface area contributed by atoms with Crippen LogP contribution >= 0.6 is 11.6 Å². The van der Waals surface area contributed by atoms with Crippen LogP contribution in [0.1, 0.15) is 28.8 Å². The van der Waals surface area contributed by atoms with Crippen molar-refractivity contribution < 1.29 is 4.79 Å². The molecule has 5 nitrogen and oxygen atoms in total. The van der Waals surface area contributed by atoms with E-state index in [1.54, 1.807) is 12.4 Å². The van der Waals surface area contributed by atoms with Gasteiger partial charge in [0.2, 0.25) is 0 Å². The lowest BCUT2D eigenvalue weighted by atomic mass is 9.95. The average molecular weight is 423 g/mol. The molecule has 1 aromatic heterocycles. The van der Waals surface area contributed by atoms with Gasteiger partial charge in [-0.05, 0) is 74.2 Å². The molecular weight excluding hydrogens is 396 g/mol. The van der Waals surface area contributed by atoms with E-state index in [1.165, 1.54) is 5.56 Å². The molecule has 1 saturated heterocycles. The maximum Gasteiger partial charge on any atom is 0.253 e. The maximum absolute atomic E-state index is 12.9. The van der Waals surface area contributed by atoms with Crippen molar-refractivity contribution in [3.8, 4) is 0 Å². The Labute approximate surface area is 182 Å². The Hall–Kier alpha value is -2.50. The van der Waals surface area contributed by atoms with E-state index in [1.807, 2.05) is 42.3 Å². The molecule has 1 amide bonds. The molecule has 6 heteroatoms. The first-order valence-electron chi connectivity index (χ1n) is 10.5. The van der Waals surface area contributed by atoms with Crippen LogP contribution in [0.2, 0.25) is 5.02 Å². The lowest BCUT2D eigenvalue weighted by Crippen LogP contribution is -2.40. The Balaban J connectivity index is 1.25. The fraction of sp³-hybridized carbons (Fsp3) is 0.375. The summed E-state index contributed by atoms with van der Waals surface area (Å²) in [4.78, 5) is 25.8. The number of hydrogen-bond donors (Lipinski definition) is 0. The third-order valence-corrected chi connectivity index (χ3v) is 6.18. The van der Waals surface area contributed by atoms with Crippen molar-refractivity contribution in [1.82, 2.24) is 19.8 Å². The zero-order valence-electron chi connectivity index (χ0n) is 17.3. The van der Waals surface area contributed by atoms with Gasteiger partial charge in [-0.25, -0.2) is 0 Å². The van der Waals surface area contributed by atoms with Gasteiger partial charge in [-0.3, -0.25) is 14.8 Å². The minimum absolute atomic E-state index is 0.0488. The number of piperidine rings is 1. The summed E-state index contributed by atoms with van der Waals surface area (Å²) < 4.78 is 0. The van der Waals surface area contributed by atoms with Crippen molar-refractivity contribution in [2.24, 2.45) is 5.92 Å². The smallest absolute Gasteiger partial charge is 0.253 e. The normalized spacial score (nSPS) is 15.4. The number of fused-ring (bicyclic) bond motifs is 1. The summed E-state index contributed by atoms with van der Waals surface area (Å²) in [6, 6.07) is 13.7. The molecule has 0 saturated carbocycles. The summed E-state index contributed by atoms with van der Waals surface area (Å²) in [6.07, 6.45) is 6.62. The molecule has 0 bridgehead atoms. The van der Waals surface area contributed by atoms with Crippen molar-refractivity contribution in [2.45, 2.75) is 19.3 Å². The predicted octanol–water partition coefficient (Wildman–Crippen LogP) is 4.31. The highest BCUT2D eigenvalue weighted by Crippen LogP contribution is 2.20. The molecule has 0 spiro atoms. The Morgan fingerprint density at radius 1 is 1.07 bits per heavy atom. The molecule has 4 rings (SSSR count). The molecule has 2 heterocycles. The van der Waals surface area contributed by atoms with E-state index < -0.39 is 0 Å². The number of amides is 1. The van der Waals surface area contributed by atoms with Gasteiger partial charge in [-0.1, -0.05) is 23.7 Å². The van der Waals surface area contributed by atoms with Crippen molar-refractivity contribution in [3.05, 3.63) is 71.0 Å². The van der Waals surface area contributed by atoms with Crippen molar-refractivity contribution in [3.63, 3.8) is 0 Å². The van der Waals surface area contributed by atoms with Gasteiger partial charge in [-0.15, -0.1) is 0 Å². The summed E-state index contributed by atoms with van der Waals surface area (Å²) in [5.74, 6) is 0.596. The van der Waals surface area contributed by atoms with Crippen LogP contribution in [0.25, 0.3) is 11.0 Å². The number of carbonyl (C=O) groups is 1. The number of hydrogen-bond acceptors (Lipinski definition) is 4. The first kappa shape index (κ1) is 20.8. The monoisotopic (exact) mass is 422 g/mol. The van der Waals surface area contributed by atoms with Gasteiger partial charge in [0.05, 0.1) is 11.0 Å². The minimum Gasteiger partial charge on any atom is -0.341 e. The topological polar surface area (TPSA) is 49.3 Å². The first-order valence-corrected chi connectivity index (χ1v) is 10.9. The van der Waals surface area contributed by atoms with Gasteiger partial charge in [0.15, 0.2) is 0 Å². The second-order valence-corrected chi connectivity index (χ2v) is 8.54. The van der Waals surface area contributed by atoms with Gasteiger partial charge >= 0.3 is 0 Å². The molecule has 1 aliphatic rings. The highest BCUT2D eigenvalue weighted by molar-refractivity contribution is 6.30. The summed E-state index contributed by atoms with van der Waals surface area (Å²) in [7, 11) is 1.90. The molecule has 0 aliphatic carbocycles. The summed E-state index contributed by atoms with van der Waals surface area (Å²) >= 11 is 5.96. The third kappa shape index (κ3) is 5.15. The van der Waals surface area contributed by atoms with Crippen LogP contribution in [-0.2, 0) is 6.42 Å². The van der Waals surface area contributed by atoms with Crippen LogP contribution in [0.15, 0.2) is 54.9 Å². The van der Waals surface area contributed by atoms with Crippen molar-refractivity contribution in [2.75, 3.05) is 33.2 Å². The standard InChI is InChI=1S/C24H27ClN4O/c1-28(24(30)20-4-7-22-23(16-20)27-12-11-26-22)17-19-9-14-29(15-10-19)13-8-18-2-5-21(25)6-3-18/h2-7,11-12,16,19H,8-10,13-15,17H2,1H3. The highest BCUT2D eigenvalue weighted by atomic mass is 35.5. The lowest BCUT2D eigenvalue weighted by molar-refractivity contribution is 0.0740. The van der Waals surface area contributed by atoms with Crippen LogP contribution < -0.4 is 0 Å². The molecule has 1 fully saturated rings. The molecule has 3 aromatic rings. The van der Waals surface area contributed by atoms with Gasteiger partial charge in [0.1, 0.15) is 0 Å². The Morgan fingerprint density at radius 3 is 2.50 bits per heavy atom. The summed E-state index contributed by atoms with van der Waals surface area (Å²) in [5, 5.41) is 0.787. The van der Waals surface area contributed by atoms with Crippen LogP contribution in [0.5, 0.6) is 0 Å².